The Kier molecular flexibility index (Phi) is 5.89. The van der Waals surface area contributed by atoms with Gasteiger partial charge < -0.3 is 9.47 Å². The zero-order valence-corrected chi connectivity index (χ0v) is 14.4. The Morgan fingerprint density at radius 2 is 1.33 bits per heavy atom. The average molecular weight is 369 g/mol. The largest absolute Gasteiger partial charge is 0.493 e. The third kappa shape index (κ3) is 4.10. The zero-order chi connectivity index (χ0) is 17.7. The van der Waals surface area contributed by atoms with Crippen molar-refractivity contribution in [3.63, 3.8) is 0 Å². The standard InChI is InChI=1S/C16H14Cl2N2O4/c1-23-13-6-4-10(8-14(13)24-2)16(22)20-19-15(21)9-3-5-11(17)12(18)7-9/h3-8H,1-2H3,(H,19,21)(H,20,22). The van der Waals surface area contributed by atoms with Gasteiger partial charge in [0.15, 0.2) is 11.5 Å². The predicted molar refractivity (Wildman–Crippen MR) is 90.9 cm³/mol. The van der Waals surface area contributed by atoms with E-state index in [9.17, 15) is 9.59 Å². The van der Waals surface area contributed by atoms with Gasteiger partial charge in [-0.1, -0.05) is 23.2 Å². The lowest BCUT2D eigenvalue weighted by atomic mass is 10.2. The molecule has 2 amide bonds. The maximum Gasteiger partial charge on any atom is 0.269 e. The molecular formula is C16H14Cl2N2O4. The summed E-state index contributed by atoms with van der Waals surface area (Å²) in [4.78, 5) is 24.1. The first-order valence-corrected chi connectivity index (χ1v) is 7.49. The molecule has 2 aromatic rings. The van der Waals surface area contributed by atoms with Gasteiger partial charge in [0, 0.05) is 11.1 Å². The van der Waals surface area contributed by atoms with Crippen LogP contribution in [0.15, 0.2) is 36.4 Å². The summed E-state index contributed by atoms with van der Waals surface area (Å²) in [7, 11) is 2.96. The minimum Gasteiger partial charge on any atom is -0.493 e. The summed E-state index contributed by atoms with van der Waals surface area (Å²) in [5.41, 5.74) is 5.16. The number of hydrogen-bond donors (Lipinski definition) is 2. The van der Waals surface area contributed by atoms with Gasteiger partial charge in [0.25, 0.3) is 11.8 Å². The fourth-order valence-corrected chi connectivity index (χ4v) is 2.17. The fraction of sp³-hybridized carbons (Fsp3) is 0.125. The van der Waals surface area contributed by atoms with Gasteiger partial charge >= 0.3 is 0 Å². The molecule has 0 aliphatic heterocycles. The van der Waals surface area contributed by atoms with E-state index in [1.807, 2.05) is 0 Å². The molecule has 24 heavy (non-hydrogen) atoms. The van der Waals surface area contributed by atoms with Gasteiger partial charge in [0.1, 0.15) is 0 Å². The number of methoxy groups -OCH3 is 2. The molecule has 0 aliphatic rings. The van der Waals surface area contributed by atoms with E-state index in [0.29, 0.717) is 22.1 Å². The van der Waals surface area contributed by atoms with Gasteiger partial charge in [0.2, 0.25) is 0 Å². The Bertz CT molecular complexity index is 781. The summed E-state index contributed by atoms with van der Waals surface area (Å²) >= 11 is 11.6. The number of halogens is 2. The molecular weight excluding hydrogens is 355 g/mol. The van der Waals surface area contributed by atoms with E-state index < -0.39 is 11.8 Å². The number of ether oxygens (including phenoxy) is 2. The molecule has 2 aromatic carbocycles. The molecule has 0 heterocycles. The van der Waals surface area contributed by atoms with Gasteiger partial charge in [-0.15, -0.1) is 0 Å². The van der Waals surface area contributed by atoms with Crippen molar-refractivity contribution in [1.29, 1.82) is 0 Å². The fourth-order valence-electron chi connectivity index (χ4n) is 1.87. The molecule has 0 bridgehead atoms. The van der Waals surface area contributed by atoms with Crippen molar-refractivity contribution in [3.05, 3.63) is 57.6 Å². The smallest absolute Gasteiger partial charge is 0.269 e. The summed E-state index contributed by atoms with van der Waals surface area (Å²) < 4.78 is 10.2. The second kappa shape index (κ2) is 7.90. The molecule has 0 unspecified atom stereocenters. The van der Waals surface area contributed by atoms with Crippen LogP contribution in [0.1, 0.15) is 20.7 Å². The number of hydrogen-bond acceptors (Lipinski definition) is 4. The van der Waals surface area contributed by atoms with Gasteiger partial charge in [-0.3, -0.25) is 20.4 Å². The van der Waals surface area contributed by atoms with Crippen molar-refractivity contribution < 1.29 is 19.1 Å². The van der Waals surface area contributed by atoms with Gasteiger partial charge in [0.05, 0.1) is 24.3 Å². The van der Waals surface area contributed by atoms with Crippen molar-refractivity contribution in [2.45, 2.75) is 0 Å². The van der Waals surface area contributed by atoms with Crippen LogP contribution in [0.4, 0.5) is 0 Å². The molecule has 126 valence electrons. The number of carbonyl (C=O) groups excluding carboxylic acids is 2. The summed E-state index contributed by atoms with van der Waals surface area (Å²) in [6.45, 7) is 0. The minimum atomic E-state index is -0.526. The number of amides is 2. The molecule has 0 aliphatic carbocycles. The molecule has 0 radical (unpaired) electrons. The van der Waals surface area contributed by atoms with Crippen LogP contribution < -0.4 is 20.3 Å². The van der Waals surface area contributed by atoms with E-state index >= 15 is 0 Å². The Hall–Kier alpha value is -2.44. The van der Waals surface area contributed by atoms with Crippen molar-refractivity contribution >= 4 is 35.0 Å². The third-order valence-corrected chi connectivity index (χ3v) is 3.86. The zero-order valence-electron chi connectivity index (χ0n) is 12.9. The first-order valence-electron chi connectivity index (χ1n) is 6.74. The van der Waals surface area contributed by atoms with E-state index in [-0.39, 0.29) is 10.6 Å². The van der Waals surface area contributed by atoms with Crippen molar-refractivity contribution in [1.82, 2.24) is 10.9 Å². The summed E-state index contributed by atoms with van der Waals surface area (Å²) in [5, 5.41) is 0.582. The van der Waals surface area contributed by atoms with Crippen LogP contribution in [-0.4, -0.2) is 26.0 Å². The van der Waals surface area contributed by atoms with E-state index in [1.165, 1.54) is 38.5 Å². The molecule has 0 aromatic heterocycles. The quantitative estimate of drug-likeness (QED) is 0.813. The van der Waals surface area contributed by atoms with E-state index in [0.717, 1.165) is 0 Å². The Morgan fingerprint density at radius 3 is 1.88 bits per heavy atom. The van der Waals surface area contributed by atoms with Crippen LogP contribution in [0, 0.1) is 0 Å². The number of hydrazine groups is 1. The molecule has 8 heteroatoms. The second-order valence-electron chi connectivity index (χ2n) is 4.61. The highest BCUT2D eigenvalue weighted by Gasteiger charge is 2.13. The summed E-state index contributed by atoms with van der Waals surface area (Å²) in [5.74, 6) is -0.137. The molecule has 0 fully saturated rings. The van der Waals surface area contributed by atoms with Crippen molar-refractivity contribution in [2.75, 3.05) is 14.2 Å². The lowest BCUT2D eigenvalue weighted by molar-refractivity contribution is 0.0846. The second-order valence-corrected chi connectivity index (χ2v) is 5.42. The number of nitrogens with one attached hydrogen (secondary N) is 2. The average Bonchev–Trinajstić information content (AvgIpc) is 2.60. The highest BCUT2D eigenvalue weighted by molar-refractivity contribution is 6.42. The Balaban J connectivity index is 2.04. The van der Waals surface area contributed by atoms with Crippen LogP contribution in [0.3, 0.4) is 0 Å². The SMILES string of the molecule is COc1ccc(C(=O)NNC(=O)c2ccc(Cl)c(Cl)c2)cc1OC. The molecule has 0 atom stereocenters. The van der Waals surface area contributed by atoms with E-state index in [4.69, 9.17) is 32.7 Å². The van der Waals surface area contributed by atoms with E-state index in [1.54, 1.807) is 12.1 Å². The first kappa shape index (κ1) is 17.9. The van der Waals surface area contributed by atoms with Crippen LogP contribution in [0.2, 0.25) is 10.0 Å². The number of rotatable bonds is 4. The van der Waals surface area contributed by atoms with Crippen LogP contribution in [-0.2, 0) is 0 Å². The van der Waals surface area contributed by atoms with Crippen molar-refractivity contribution in [3.8, 4) is 11.5 Å². The third-order valence-electron chi connectivity index (χ3n) is 3.12. The molecule has 0 saturated carbocycles. The normalized spacial score (nSPS) is 10.0. The monoisotopic (exact) mass is 368 g/mol. The maximum atomic E-state index is 12.1. The van der Waals surface area contributed by atoms with Crippen LogP contribution >= 0.6 is 23.2 Å². The topological polar surface area (TPSA) is 76.7 Å². The van der Waals surface area contributed by atoms with E-state index in [2.05, 4.69) is 10.9 Å². The molecule has 0 spiro atoms. The molecule has 6 nitrogen and oxygen atoms in total. The first-order chi connectivity index (χ1) is 11.5. The molecule has 2 rings (SSSR count). The molecule has 2 N–H and O–H groups in total. The predicted octanol–water partition coefficient (Wildman–Crippen LogP) is 3.09. The lowest BCUT2D eigenvalue weighted by Crippen LogP contribution is -2.41. The van der Waals surface area contributed by atoms with Gasteiger partial charge in [-0.25, -0.2) is 0 Å². The van der Waals surface area contributed by atoms with Gasteiger partial charge in [-0.05, 0) is 36.4 Å². The minimum absolute atomic E-state index is 0.246. The van der Waals surface area contributed by atoms with Crippen molar-refractivity contribution in [2.24, 2.45) is 0 Å². The Morgan fingerprint density at radius 1 is 0.792 bits per heavy atom. The van der Waals surface area contributed by atoms with Crippen LogP contribution in [0.25, 0.3) is 0 Å². The molecule has 0 saturated heterocycles. The summed E-state index contributed by atoms with van der Waals surface area (Å²) in [6.07, 6.45) is 0. The highest BCUT2D eigenvalue weighted by Crippen LogP contribution is 2.27. The maximum absolute atomic E-state index is 12.1. The lowest BCUT2D eigenvalue weighted by Gasteiger charge is -2.11. The van der Waals surface area contributed by atoms with Gasteiger partial charge in [-0.2, -0.15) is 0 Å². The number of carbonyl (C=O) groups is 2. The highest BCUT2D eigenvalue weighted by atomic mass is 35.5. The Labute approximate surface area is 148 Å². The number of benzene rings is 2. The summed E-state index contributed by atoms with van der Waals surface area (Å²) in [6, 6.07) is 9.03. The van der Waals surface area contributed by atoms with Crippen LogP contribution in [0.5, 0.6) is 11.5 Å².